The van der Waals surface area contributed by atoms with Gasteiger partial charge in [-0.3, -0.25) is 0 Å². The van der Waals surface area contributed by atoms with Gasteiger partial charge >= 0.3 is 0 Å². The first-order chi connectivity index (χ1) is 7.55. The lowest BCUT2D eigenvalue weighted by molar-refractivity contribution is 0.153. The van der Waals surface area contributed by atoms with Crippen LogP contribution in [0.2, 0.25) is 0 Å². The quantitative estimate of drug-likeness (QED) is 0.817. The Kier molecular flexibility index (Phi) is 3.87. The predicted molar refractivity (Wildman–Crippen MR) is 73.2 cm³/mol. The maximum atomic E-state index is 3.54. The van der Waals surface area contributed by atoms with Gasteiger partial charge in [0, 0.05) is 36.7 Å². The average Bonchev–Trinajstić information content (AvgIpc) is 2.65. The summed E-state index contributed by atoms with van der Waals surface area (Å²) in [7, 11) is 0. The van der Waals surface area contributed by atoms with Crippen molar-refractivity contribution < 1.29 is 0 Å². The van der Waals surface area contributed by atoms with Gasteiger partial charge in [0.2, 0.25) is 0 Å². The lowest BCUT2D eigenvalue weighted by atomic mass is 9.83. The van der Waals surface area contributed by atoms with Crippen LogP contribution < -0.4 is 5.32 Å². The summed E-state index contributed by atoms with van der Waals surface area (Å²) in [6.45, 7) is 13.4. The fourth-order valence-electron chi connectivity index (χ4n) is 3.07. The van der Waals surface area contributed by atoms with Gasteiger partial charge in [0.05, 0.1) is 0 Å². The number of thioether (sulfide) groups is 1. The Hall–Kier alpha value is 0.270. The molecule has 16 heavy (non-hydrogen) atoms. The lowest BCUT2D eigenvalue weighted by Crippen LogP contribution is -2.48. The Balaban J connectivity index is 1.93. The van der Waals surface area contributed by atoms with Gasteiger partial charge in [-0.05, 0) is 38.6 Å². The zero-order valence-electron chi connectivity index (χ0n) is 11.0. The molecule has 0 spiro atoms. The molecule has 0 aromatic rings. The molecule has 2 aliphatic heterocycles. The topological polar surface area (TPSA) is 15.3 Å². The van der Waals surface area contributed by atoms with E-state index in [2.05, 4.69) is 42.7 Å². The summed E-state index contributed by atoms with van der Waals surface area (Å²) in [5.41, 5.74) is 0.568. The van der Waals surface area contributed by atoms with E-state index in [0.29, 0.717) is 10.2 Å². The molecule has 2 heterocycles. The molecular formula is C13H26N2S. The van der Waals surface area contributed by atoms with Gasteiger partial charge in [0.15, 0.2) is 0 Å². The van der Waals surface area contributed by atoms with Crippen molar-refractivity contribution in [2.45, 2.75) is 38.4 Å². The normalized spacial score (nSPS) is 35.4. The van der Waals surface area contributed by atoms with Crippen LogP contribution in [0.15, 0.2) is 0 Å². The van der Waals surface area contributed by atoms with Crippen LogP contribution in [-0.4, -0.2) is 48.1 Å². The third-order valence-corrected chi connectivity index (χ3v) is 5.44. The maximum absolute atomic E-state index is 3.54. The highest BCUT2D eigenvalue weighted by atomic mass is 32.2. The van der Waals surface area contributed by atoms with E-state index in [0.717, 1.165) is 0 Å². The molecule has 2 aliphatic rings. The van der Waals surface area contributed by atoms with E-state index in [4.69, 9.17) is 0 Å². The summed E-state index contributed by atoms with van der Waals surface area (Å²) < 4.78 is 0.458. The van der Waals surface area contributed by atoms with E-state index in [9.17, 15) is 0 Å². The number of nitrogens with zero attached hydrogens (tertiary/aromatic N) is 1. The first kappa shape index (κ1) is 12.7. The molecule has 0 bridgehead atoms. The summed E-state index contributed by atoms with van der Waals surface area (Å²) in [6, 6.07) is 0. The summed E-state index contributed by atoms with van der Waals surface area (Å²) >= 11 is 2.13. The summed E-state index contributed by atoms with van der Waals surface area (Å²) in [6.07, 6.45) is 2.69. The van der Waals surface area contributed by atoms with Crippen molar-refractivity contribution in [3.05, 3.63) is 0 Å². The first-order valence-electron chi connectivity index (χ1n) is 6.62. The van der Waals surface area contributed by atoms with Crippen molar-refractivity contribution in [1.82, 2.24) is 10.2 Å². The maximum Gasteiger partial charge on any atom is 0.0231 e. The fourth-order valence-corrected chi connectivity index (χ4v) is 4.24. The van der Waals surface area contributed by atoms with Crippen molar-refractivity contribution in [3.8, 4) is 0 Å². The Morgan fingerprint density at radius 3 is 2.75 bits per heavy atom. The SMILES string of the molecule is CCC1(CN2CCSC(C)(C)C2)CCNC1. The predicted octanol–water partition coefficient (Wildman–Crippen LogP) is 2.20. The Morgan fingerprint density at radius 1 is 1.38 bits per heavy atom. The highest BCUT2D eigenvalue weighted by Gasteiger charge is 2.36. The number of rotatable bonds is 3. The molecule has 1 atom stereocenters. The van der Waals surface area contributed by atoms with Crippen LogP contribution in [0.5, 0.6) is 0 Å². The summed E-state index contributed by atoms with van der Waals surface area (Å²) in [5, 5.41) is 3.54. The number of nitrogens with one attached hydrogen (secondary N) is 1. The molecule has 2 saturated heterocycles. The van der Waals surface area contributed by atoms with E-state index < -0.39 is 0 Å². The molecule has 0 aromatic carbocycles. The smallest absolute Gasteiger partial charge is 0.0231 e. The molecule has 2 nitrogen and oxygen atoms in total. The Bertz CT molecular complexity index is 234. The fraction of sp³-hybridized carbons (Fsp3) is 1.00. The van der Waals surface area contributed by atoms with Crippen LogP contribution in [0.1, 0.15) is 33.6 Å². The van der Waals surface area contributed by atoms with Crippen molar-refractivity contribution in [1.29, 1.82) is 0 Å². The third kappa shape index (κ3) is 2.93. The number of hydrogen-bond acceptors (Lipinski definition) is 3. The number of hydrogen-bond donors (Lipinski definition) is 1. The Morgan fingerprint density at radius 2 is 2.19 bits per heavy atom. The van der Waals surface area contributed by atoms with Gasteiger partial charge in [-0.1, -0.05) is 6.92 Å². The van der Waals surface area contributed by atoms with Crippen molar-refractivity contribution in [2.24, 2.45) is 5.41 Å². The van der Waals surface area contributed by atoms with E-state index >= 15 is 0 Å². The molecule has 3 heteroatoms. The van der Waals surface area contributed by atoms with Crippen LogP contribution in [0.4, 0.5) is 0 Å². The molecule has 0 aromatic heterocycles. The van der Waals surface area contributed by atoms with Gasteiger partial charge in [-0.15, -0.1) is 0 Å². The molecule has 2 fully saturated rings. The highest BCUT2D eigenvalue weighted by Crippen LogP contribution is 2.34. The van der Waals surface area contributed by atoms with Crippen LogP contribution in [0, 0.1) is 5.41 Å². The summed E-state index contributed by atoms with van der Waals surface area (Å²) in [5.74, 6) is 1.31. The molecule has 0 amide bonds. The average molecular weight is 242 g/mol. The molecule has 2 rings (SSSR count). The van der Waals surface area contributed by atoms with Gasteiger partial charge in [0.25, 0.3) is 0 Å². The van der Waals surface area contributed by atoms with E-state index in [1.54, 1.807) is 0 Å². The van der Waals surface area contributed by atoms with Crippen LogP contribution in [0.3, 0.4) is 0 Å². The molecule has 0 aliphatic carbocycles. The standard InChI is InChI=1S/C13H26N2S/c1-4-13(5-6-14-9-13)11-15-7-8-16-12(2,3)10-15/h14H,4-11H2,1-3H3. The second-order valence-corrected chi connectivity index (χ2v) is 7.90. The molecular weight excluding hydrogens is 216 g/mol. The summed E-state index contributed by atoms with van der Waals surface area (Å²) in [4.78, 5) is 2.70. The van der Waals surface area contributed by atoms with E-state index in [1.807, 2.05) is 0 Å². The largest absolute Gasteiger partial charge is 0.316 e. The first-order valence-corrected chi connectivity index (χ1v) is 7.61. The minimum atomic E-state index is 0.458. The highest BCUT2D eigenvalue weighted by molar-refractivity contribution is 8.00. The third-order valence-electron chi connectivity index (χ3n) is 4.15. The van der Waals surface area contributed by atoms with Gasteiger partial charge < -0.3 is 10.2 Å². The zero-order valence-corrected chi connectivity index (χ0v) is 11.8. The molecule has 94 valence electrons. The van der Waals surface area contributed by atoms with Crippen LogP contribution in [0.25, 0.3) is 0 Å². The second-order valence-electron chi connectivity index (χ2n) is 6.10. The molecule has 1 N–H and O–H groups in total. The van der Waals surface area contributed by atoms with Gasteiger partial charge in [0.1, 0.15) is 0 Å². The minimum absolute atomic E-state index is 0.458. The second kappa shape index (κ2) is 4.87. The van der Waals surface area contributed by atoms with E-state index in [-0.39, 0.29) is 0 Å². The lowest BCUT2D eigenvalue weighted by Gasteiger charge is -2.42. The molecule has 0 saturated carbocycles. The molecule has 0 radical (unpaired) electrons. The molecule has 1 unspecified atom stereocenters. The van der Waals surface area contributed by atoms with Crippen LogP contribution >= 0.6 is 11.8 Å². The van der Waals surface area contributed by atoms with Crippen molar-refractivity contribution >= 4 is 11.8 Å². The van der Waals surface area contributed by atoms with E-state index in [1.165, 1.54) is 51.3 Å². The van der Waals surface area contributed by atoms with Crippen molar-refractivity contribution in [2.75, 3.05) is 38.5 Å². The van der Waals surface area contributed by atoms with Gasteiger partial charge in [-0.2, -0.15) is 11.8 Å². The zero-order chi connectivity index (χ0) is 11.6. The van der Waals surface area contributed by atoms with Crippen LogP contribution in [-0.2, 0) is 0 Å². The minimum Gasteiger partial charge on any atom is -0.316 e. The van der Waals surface area contributed by atoms with Crippen molar-refractivity contribution in [3.63, 3.8) is 0 Å². The monoisotopic (exact) mass is 242 g/mol. The van der Waals surface area contributed by atoms with Gasteiger partial charge in [-0.25, -0.2) is 0 Å². The Labute approximate surface area is 105 Å².